The molecule has 5 nitrogen and oxygen atoms in total. The van der Waals surface area contributed by atoms with Crippen molar-refractivity contribution in [3.63, 3.8) is 0 Å². The zero-order chi connectivity index (χ0) is 13.0. The zero-order valence-corrected chi connectivity index (χ0v) is 9.88. The van der Waals surface area contributed by atoms with Crippen LogP contribution in [0.25, 0.3) is 0 Å². The van der Waals surface area contributed by atoms with E-state index in [0.717, 1.165) is 5.69 Å². The van der Waals surface area contributed by atoms with Gasteiger partial charge in [0.1, 0.15) is 0 Å². The highest BCUT2D eigenvalue weighted by Gasteiger charge is 2.18. The second-order valence-electron chi connectivity index (χ2n) is 4.01. The molecule has 92 valence electrons. The van der Waals surface area contributed by atoms with E-state index < -0.39 is 12.0 Å². The lowest BCUT2D eigenvalue weighted by molar-refractivity contribution is -0.137. The number of aliphatic carboxylic acids is 1. The van der Waals surface area contributed by atoms with E-state index in [9.17, 15) is 9.59 Å². The lowest BCUT2D eigenvalue weighted by atomic mass is 10.0. The van der Waals surface area contributed by atoms with Gasteiger partial charge in [-0.15, -0.1) is 0 Å². The molecule has 1 aromatic carbocycles. The molecule has 0 aliphatic heterocycles. The molecule has 0 saturated heterocycles. The van der Waals surface area contributed by atoms with Crippen LogP contribution in [0.2, 0.25) is 0 Å². The monoisotopic (exact) mass is 236 g/mol. The van der Waals surface area contributed by atoms with Crippen LogP contribution in [-0.2, 0) is 4.79 Å². The predicted octanol–water partition coefficient (Wildman–Crippen LogP) is 0.737. The first kappa shape index (κ1) is 13.2. The molecule has 0 fully saturated rings. The SMILES string of the molecule is CN(C)c1ccc(C(=O)C(N)CC(=O)O)cc1. The van der Waals surface area contributed by atoms with E-state index in [1.807, 2.05) is 19.0 Å². The minimum absolute atomic E-state index is 0.349. The van der Waals surface area contributed by atoms with Gasteiger partial charge in [0.25, 0.3) is 0 Å². The van der Waals surface area contributed by atoms with Gasteiger partial charge in [0.15, 0.2) is 5.78 Å². The summed E-state index contributed by atoms with van der Waals surface area (Å²) in [6, 6.07) is 5.90. The maximum Gasteiger partial charge on any atom is 0.305 e. The summed E-state index contributed by atoms with van der Waals surface area (Å²) in [5, 5.41) is 8.56. The number of Topliss-reactive ketones (excluding diaryl/α,β-unsaturated/α-hetero) is 1. The van der Waals surface area contributed by atoms with E-state index in [1.54, 1.807) is 24.3 Å². The first-order valence-corrected chi connectivity index (χ1v) is 5.21. The van der Waals surface area contributed by atoms with Crippen LogP contribution in [-0.4, -0.2) is 37.0 Å². The lowest BCUT2D eigenvalue weighted by Gasteiger charge is -2.13. The number of nitrogens with two attached hydrogens (primary N) is 1. The fourth-order valence-electron chi connectivity index (χ4n) is 1.42. The Bertz CT molecular complexity index is 412. The molecule has 0 spiro atoms. The van der Waals surface area contributed by atoms with Crippen molar-refractivity contribution < 1.29 is 14.7 Å². The van der Waals surface area contributed by atoms with Crippen molar-refractivity contribution in [1.29, 1.82) is 0 Å². The molecule has 0 aliphatic rings. The van der Waals surface area contributed by atoms with Crippen molar-refractivity contribution in [1.82, 2.24) is 0 Å². The molecule has 0 heterocycles. The number of nitrogens with zero attached hydrogens (tertiary/aromatic N) is 1. The number of carbonyl (C=O) groups is 2. The third-order valence-electron chi connectivity index (χ3n) is 2.40. The molecule has 1 unspecified atom stereocenters. The predicted molar refractivity (Wildman–Crippen MR) is 65.3 cm³/mol. The van der Waals surface area contributed by atoms with Gasteiger partial charge in [0.2, 0.25) is 0 Å². The van der Waals surface area contributed by atoms with Gasteiger partial charge in [0.05, 0.1) is 12.5 Å². The van der Waals surface area contributed by atoms with Crippen LogP contribution in [0, 0.1) is 0 Å². The van der Waals surface area contributed by atoms with Crippen LogP contribution in [0.4, 0.5) is 5.69 Å². The summed E-state index contributed by atoms with van der Waals surface area (Å²) in [5.74, 6) is -1.42. The highest BCUT2D eigenvalue weighted by Crippen LogP contribution is 2.13. The number of hydrogen-bond donors (Lipinski definition) is 2. The first-order chi connectivity index (χ1) is 7.91. The van der Waals surface area contributed by atoms with Crippen molar-refractivity contribution in [2.45, 2.75) is 12.5 Å². The summed E-state index contributed by atoms with van der Waals surface area (Å²) in [6.45, 7) is 0. The maximum atomic E-state index is 11.8. The van der Waals surface area contributed by atoms with Crippen LogP contribution in [0.5, 0.6) is 0 Å². The summed E-state index contributed by atoms with van der Waals surface area (Å²) < 4.78 is 0. The molecule has 1 aromatic rings. The quantitative estimate of drug-likeness (QED) is 0.736. The average Bonchev–Trinajstić information content (AvgIpc) is 2.27. The molecule has 1 atom stereocenters. The van der Waals surface area contributed by atoms with Gasteiger partial charge in [-0.2, -0.15) is 0 Å². The first-order valence-electron chi connectivity index (χ1n) is 5.21. The number of carbonyl (C=O) groups excluding carboxylic acids is 1. The average molecular weight is 236 g/mol. The van der Waals surface area contributed by atoms with Crippen LogP contribution in [0.1, 0.15) is 16.8 Å². The number of carboxylic acids is 1. The van der Waals surface area contributed by atoms with Crippen LogP contribution >= 0.6 is 0 Å². The van der Waals surface area contributed by atoms with Crippen molar-refractivity contribution in [3.05, 3.63) is 29.8 Å². The Morgan fingerprint density at radius 3 is 2.24 bits per heavy atom. The Morgan fingerprint density at radius 2 is 1.82 bits per heavy atom. The number of benzene rings is 1. The second-order valence-corrected chi connectivity index (χ2v) is 4.01. The minimum Gasteiger partial charge on any atom is -0.481 e. The van der Waals surface area contributed by atoms with E-state index >= 15 is 0 Å². The topological polar surface area (TPSA) is 83.6 Å². The lowest BCUT2D eigenvalue weighted by Crippen LogP contribution is -2.32. The Morgan fingerprint density at radius 1 is 1.29 bits per heavy atom. The molecule has 0 bridgehead atoms. The zero-order valence-electron chi connectivity index (χ0n) is 9.88. The van der Waals surface area contributed by atoms with E-state index in [0.29, 0.717) is 5.56 Å². The Kier molecular flexibility index (Phi) is 4.23. The molecular formula is C12H16N2O3. The minimum atomic E-state index is -1.07. The Labute approximate surface area is 99.8 Å². The van der Waals surface area contributed by atoms with Crippen LogP contribution in [0.3, 0.4) is 0 Å². The summed E-state index contributed by atoms with van der Waals surface area (Å²) in [4.78, 5) is 24.1. The van der Waals surface area contributed by atoms with Crippen molar-refractivity contribution >= 4 is 17.4 Å². The Balaban J connectivity index is 2.79. The number of rotatable bonds is 5. The van der Waals surface area contributed by atoms with Crippen molar-refractivity contribution in [2.24, 2.45) is 5.73 Å². The fourth-order valence-corrected chi connectivity index (χ4v) is 1.42. The Hall–Kier alpha value is -1.88. The molecule has 17 heavy (non-hydrogen) atoms. The number of hydrogen-bond acceptors (Lipinski definition) is 4. The summed E-state index contributed by atoms with van der Waals surface area (Å²) in [5.41, 5.74) is 6.91. The third kappa shape index (κ3) is 3.57. The number of anilines is 1. The van der Waals surface area contributed by atoms with Gasteiger partial charge in [-0.3, -0.25) is 9.59 Å². The molecule has 0 radical (unpaired) electrons. The smallest absolute Gasteiger partial charge is 0.305 e. The van der Waals surface area contributed by atoms with Gasteiger partial charge < -0.3 is 15.7 Å². The van der Waals surface area contributed by atoms with Gasteiger partial charge >= 0.3 is 5.97 Å². The van der Waals surface area contributed by atoms with E-state index in [-0.39, 0.29) is 12.2 Å². The van der Waals surface area contributed by atoms with Crippen LogP contribution < -0.4 is 10.6 Å². The standard InChI is InChI=1S/C12H16N2O3/c1-14(2)9-5-3-8(4-6-9)12(17)10(13)7-11(15)16/h3-6,10H,7,13H2,1-2H3,(H,15,16). The summed E-state index contributed by atoms with van der Waals surface area (Å²) >= 11 is 0. The number of ketones is 1. The van der Waals surface area contributed by atoms with E-state index in [1.165, 1.54) is 0 Å². The van der Waals surface area contributed by atoms with Crippen molar-refractivity contribution in [3.8, 4) is 0 Å². The molecule has 5 heteroatoms. The molecule has 0 amide bonds. The normalized spacial score (nSPS) is 11.9. The van der Waals surface area contributed by atoms with E-state index in [4.69, 9.17) is 10.8 Å². The maximum absolute atomic E-state index is 11.8. The third-order valence-corrected chi connectivity index (χ3v) is 2.40. The molecule has 0 aliphatic carbocycles. The van der Waals surface area contributed by atoms with Gasteiger partial charge in [-0.1, -0.05) is 0 Å². The largest absolute Gasteiger partial charge is 0.481 e. The van der Waals surface area contributed by atoms with Crippen molar-refractivity contribution in [2.75, 3.05) is 19.0 Å². The van der Waals surface area contributed by atoms with Gasteiger partial charge in [-0.25, -0.2) is 0 Å². The van der Waals surface area contributed by atoms with Gasteiger partial charge in [0, 0.05) is 25.3 Å². The summed E-state index contributed by atoms with van der Waals surface area (Å²) in [6.07, 6.45) is -0.353. The van der Waals surface area contributed by atoms with Gasteiger partial charge in [-0.05, 0) is 24.3 Å². The number of carboxylic acid groups (broad SMARTS) is 1. The highest BCUT2D eigenvalue weighted by molar-refractivity contribution is 6.01. The van der Waals surface area contributed by atoms with Crippen LogP contribution in [0.15, 0.2) is 24.3 Å². The second kappa shape index (κ2) is 5.45. The summed E-state index contributed by atoms with van der Waals surface area (Å²) in [7, 11) is 3.79. The molecule has 1 rings (SSSR count). The molecular weight excluding hydrogens is 220 g/mol. The molecule has 3 N–H and O–H groups in total. The molecule has 0 aromatic heterocycles. The molecule has 0 saturated carbocycles. The van der Waals surface area contributed by atoms with E-state index in [2.05, 4.69) is 0 Å². The highest BCUT2D eigenvalue weighted by atomic mass is 16.4. The fraction of sp³-hybridized carbons (Fsp3) is 0.333.